The van der Waals surface area contributed by atoms with Gasteiger partial charge in [0.15, 0.2) is 6.10 Å². The summed E-state index contributed by atoms with van der Waals surface area (Å²) in [5, 5.41) is 3.01. The van der Waals surface area contributed by atoms with Crippen molar-refractivity contribution in [2.75, 3.05) is 26.3 Å². The van der Waals surface area contributed by atoms with Gasteiger partial charge in [-0.1, -0.05) is 55.8 Å². The van der Waals surface area contributed by atoms with Gasteiger partial charge in [0, 0.05) is 19.6 Å². The van der Waals surface area contributed by atoms with E-state index in [1.807, 2.05) is 42.5 Å². The average molecular weight is 425 g/mol. The number of hydrogen-bond acceptors (Lipinski definition) is 5. The van der Waals surface area contributed by atoms with Crippen LogP contribution in [-0.2, 0) is 20.8 Å². The van der Waals surface area contributed by atoms with Crippen LogP contribution in [0.1, 0.15) is 54.2 Å². The average Bonchev–Trinajstić information content (AvgIpc) is 2.80. The minimum absolute atomic E-state index is 0.0978. The van der Waals surface area contributed by atoms with Gasteiger partial charge in [-0.05, 0) is 36.6 Å². The molecule has 0 spiro atoms. The molecule has 3 rings (SSSR count). The number of nitrogens with zero attached hydrogens (tertiary/aromatic N) is 1. The lowest BCUT2D eigenvalue weighted by Gasteiger charge is -2.26. The molecule has 0 unspecified atom stereocenters. The van der Waals surface area contributed by atoms with Gasteiger partial charge >= 0.3 is 5.97 Å². The highest BCUT2D eigenvalue weighted by Gasteiger charge is 2.22. The second-order valence-corrected chi connectivity index (χ2v) is 7.89. The second kappa shape index (κ2) is 11.6. The van der Waals surface area contributed by atoms with E-state index in [-0.39, 0.29) is 11.9 Å². The first-order valence-corrected chi connectivity index (χ1v) is 11.0. The molecular formula is C25H32N2O4. The van der Waals surface area contributed by atoms with Crippen molar-refractivity contribution >= 4 is 11.9 Å². The van der Waals surface area contributed by atoms with E-state index in [0.29, 0.717) is 5.56 Å². The molecule has 2 aromatic carbocycles. The highest BCUT2D eigenvalue weighted by atomic mass is 16.5. The van der Waals surface area contributed by atoms with Crippen LogP contribution in [0.2, 0.25) is 0 Å². The molecule has 1 saturated heterocycles. The molecular weight excluding hydrogens is 392 g/mol. The predicted molar refractivity (Wildman–Crippen MR) is 120 cm³/mol. The Morgan fingerprint density at radius 3 is 2.39 bits per heavy atom. The van der Waals surface area contributed by atoms with E-state index < -0.39 is 12.1 Å². The standard InChI is InChI=1S/C25H32N2O4/c1-3-7-23(21-8-5-4-6-9-21)26-24(28)19(2)31-25(29)22-12-10-20(11-13-22)18-27-14-16-30-17-15-27/h4-6,8-13,19,23H,3,7,14-18H2,1-2H3,(H,26,28)/t19-,23+/m1/s1. The molecule has 1 aliphatic rings. The fraction of sp³-hybridized carbons (Fsp3) is 0.440. The van der Waals surface area contributed by atoms with E-state index >= 15 is 0 Å². The summed E-state index contributed by atoms with van der Waals surface area (Å²) in [5.74, 6) is -0.785. The van der Waals surface area contributed by atoms with Crippen LogP contribution in [0.15, 0.2) is 54.6 Å². The van der Waals surface area contributed by atoms with Crippen LogP contribution in [0.3, 0.4) is 0 Å². The molecule has 1 fully saturated rings. The lowest BCUT2D eigenvalue weighted by molar-refractivity contribution is -0.129. The number of ether oxygens (including phenoxy) is 2. The fourth-order valence-electron chi connectivity index (χ4n) is 3.63. The first-order valence-electron chi connectivity index (χ1n) is 11.0. The third-order valence-electron chi connectivity index (χ3n) is 5.45. The van der Waals surface area contributed by atoms with E-state index in [2.05, 4.69) is 17.1 Å². The van der Waals surface area contributed by atoms with E-state index in [0.717, 1.165) is 56.8 Å². The lowest BCUT2D eigenvalue weighted by atomic mass is 10.0. The Labute approximate surface area is 184 Å². The van der Waals surface area contributed by atoms with E-state index in [9.17, 15) is 9.59 Å². The van der Waals surface area contributed by atoms with Crippen molar-refractivity contribution < 1.29 is 19.1 Å². The third kappa shape index (κ3) is 6.91. The van der Waals surface area contributed by atoms with Crippen molar-refractivity contribution in [3.05, 3.63) is 71.3 Å². The molecule has 6 nitrogen and oxygen atoms in total. The normalized spacial score (nSPS) is 16.3. The highest BCUT2D eigenvalue weighted by molar-refractivity contribution is 5.92. The molecule has 31 heavy (non-hydrogen) atoms. The molecule has 1 amide bonds. The first-order chi connectivity index (χ1) is 15.1. The number of morpholine rings is 1. The zero-order valence-electron chi connectivity index (χ0n) is 18.4. The Balaban J connectivity index is 1.53. The lowest BCUT2D eigenvalue weighted by Crippen LogP contribution is -2.38. The van der Waals surface area contributed by atoms with Gasteiger partial charge in [-0.25, -0.2) is 4.79 Å². The molecule has 2 atom stereocenters. The maximum Gasteiger partial charge on any atom is 0.338 e. The topological polar surface area (TPSA) is 67.9 Å². The largest absolute Gasteiger partial charge is 0.449 e. The highest BCUT2D eigenvalue weighted by Crippen LogP contribution is 2.19. The molecule has 1 heterocycles. The number of carbonyl (C=O) groups is 2. The van der Waals surface area contributed by atoms with Crippen LogP contribution in [-0.4, -0.2) is 49.2 Å². The quantitative estimate of drug-likeness (QED) is 0.622. The number of esters is 1. The number of benzene rings is 2. The second-order valence-electron chi connectivity index (χ2n) is 7.89. The zero-order valence-corrected chi connectivity index (χ0v) is 18.4. The fourth-order valence-corrected chi connectivity index (χ4v) is 3.63. The molecule has 0 saturated carbocycles. The number of rotatable bonds is 9. The van der Waals surface area contributed by atoms with Gasteiger partial charge in [0.25, 0.3) is 5.91 Å². The molecule has 2 aromatic rings. The summed E-state index contributed by atoms with van der Waals surface area (Å²) in [5.41, 5.74) is 2.63. The molecule has 0 aliphatic carbocycles. The summed E-state index contributed by atoms with van der Waals surface area (Å²) >= 11 is 0. The van der Waals surface area contributed by atoms with Crippen molar-refractivity contribution in [3.63, 3.8) is 0 Å². The molecule has 6 heteroatoms. The minimum Gasteiger partial charge on any atom is -0.449 e. The van der Waals surface area contributed by atoms with Crippen molar-refractivity contribution in [2.45, 2.75) is 45.4 Å². The van der Waals surface area contributed by atoms with Crippen molar-refractivity contribution in [1.82, 2.24) is 10.2 Å². The molecule has 0 aromatic heterocycles. The molecule has 1 N–H and O–H groups in total. The number of carbonyl (C=O) groups excluding carboxylic acids is 2. The first kappa shape index (κ1) is 23.0. The van der Waals surface area contributed by atoms with Crippen LogP contribution in [0.4, 0.5) is 0 Å². The summed E-state index contributed by atoms with van der Waals surface area (Å²) < 4.78 is 10.8. The monoisotopic (exact) mass is 424 g/mol. The van der Waals surface area contributed by atoms with Crippen molar-refractivity contribution in [2.24, 2.45) is 0 Å². The van der Waals surface area contributed by atoms with Crippen LogP contribution in [0.5, 0.6) is 0 Å². The van der Waals surface area contributed by atoms with Gasteiger partial charge in [-0.15, -0.1) is 0 Å². The molecule has 166 valence electrons. The van der Waals surface area contributed by atoms with Gasteiger partial charge in [-0.3, -0.25) is 9.69 Å². The van der Waals surface area contributed by atoms with Gasteiger partial charge < -0.3 is 14.8 Å². The maximum absolute atomic E-state index is 12.6. The molecule has 0 radical (unpaired) electrons. The Kier molecular flexibility index (Phi) is 8.62. The van der Waals surface area contributed by atoms with E-state index in [1.54, 1.807) is 19.1 Å². The Morgan fingerprint density at radius 2 is 1.74 bits per heavy atom. The van der Waals surface area contributed by atoms with E-state index in [1.165, 1.54) is 0 Å². The number of nitrogens with one attached hydrogen (secondary N) is 1. The van der Waals surface area contributed by atoms with Crippen molar-refractivity contribution in [1.29, 1.82) is 0 Å². The summed E-state index contributed by atoms with van der Waals surface area (Å²) in [6.45, 7) is 7.86. The third-order valence-corrected chi connectivity index (χ3v) is 5.45. The summed E-state index contributed by atoms with van der Waals surface area (Å²) in [6, 6.07) is 17.1. The number of amides is 1. The van der Waals surface area contributed by atoms with Gasteiger partial charge in [0.2, 0.25) is 0 Å². The predicted octanol–water partition coefficient (Wildman–Crippen LogP) is 3.72. The Hall–Kier alpha value is -2.70. The van der Waals surface area contributed by atoms with Crippen LogP contribution >= 0.6 is 0 Å². The smallest absolute Gasteiger partial charge is 0.338 e. The van der Waals surface area contributed by atoms with E-state index in [4.69, 9.17) is 9.47 Å². The summed E-state index contributed by atoms with van der Waals surface area (Å²) in [4.78, 5) is 27.5. The van der Waals surface area contributed by atoms with Crippen molar-refractivity contribution in [3.8, 4) is 0 Å². The molecule has 1 aliphatic heterocycles. The minimum atomic E-state index is -0.872. The van der Waals surface area contributed by atoms with Crippen LogP contribution < -0.4 is 5.32 Å². The summed E-state index contributed by atoms with van der Waals surface area (Å²) in [6.07, 6.45) is 0.884. The van der Waals surface area contributed by atoms with Gasteiger partial charge in [0.05, 0.1) is 24.8 Å². The Bertz CT molecular complexity index is 832. The molecule has 0 bridgehead atoms. The Morgan fingerprint density at radius 1 is 1.06 bits per heavy atom. The van der Waals surface area contributed by atoms with Crippen LogP contribution in [0.25, 0.3) is 0 Å². The van der Waals surface area contributed by atoms with Gasteiger partial charge in [0.1, 0.15) is 0 Å². The van der Waals surface area contributed by atoms with Crippen LogP contribution in [0, 0.1) is 0 Å². The SMILES string of the molecule is CCC[C@H](NC(=O)[C@@H](C)OC(=O)c1ccc(CN2CCOCC2)cc1)c1ccccc1. The number of hydrogen-bond donors (Lipinski definition) is 1. The maximum atomic E-state index is 12.6. The van der Waals surface area contributed by atoms with Gasteiger partial charge in [-0.2, -0.15) is 0 Å². The summed E-state index contributed by atoms with van der Waals surface area (Å²) in [7, 11) is 0. The zero-order chi connectivity index (χ0) is 22.1.